The second-order valence-corrected chi connectivity index (χ2v) is 6.78. The average Bonchev–Trinajstić information content (AvgIpc) is 3.04. The van der Waals surface area contributed by atoms with Crippen LogP contribution in [0.3, 0.4) is 0 Å². The Morgan fingerprint density at radius 1 is 1.00 bits per heavy atom. The number of nitrogens with zero attached hydrogens (tertiary/aromatic N) is 1. The van der Waals surface area contributed by atoms with Crippen LogP contribution in [0.5, 0.6) is 0 Å². The highest BCUT2D eigenvalue weighted by molar-refractivity contribution is 6.34. The summed E-state index contributed by atoms with van der Waals surface area (Å²) in [7, 11) is 0. The minimum atomic E-state index is -0.405. The standard InChI is InChI=1S/C21H17ClN2O2/c22-17-9-3-4-11-19(17)24-13-15(12-20(24)25)21(26)23-18-10-5-7-14-6-1-2-8-16(14)18/h1-11,15H,12-13H2,(H,23,26)/t15-/m1/s1. The van der Waals surface area contributed by atoms with E-state index in [4.69, 9.17) is 11.6 Å². The fraction of sp³-hybridized carbons (Fsp3) is 0.143. The first-order valence-electron chi connectivity index (χ1n) is 8.47. The zero-order valence-corrected chi connectivity index (χ0v) is 14.7. The van der Waals surface area contributed by atoms with Crippen molar-refractivity contribution in [2.45, 2.75) is 6.42 Å². The Morgan fingerprint density at radius 3 is 2.58 bits per heavy atom. The van der Waals surface area contributed by atoms with Crippen LogP contribution in [-0.2, 0) is 9.59 Å². The van der Waals surface area contributed by atoms with Gasteiger partial charge in [-0.1, -0.05) is 60.1 Å². The molecular formula is C21H17ClN2O2. The molecule has 4 rings (SSSR count). The van der Waals surface area contributed by atoms with Crippen LogP contribution in [0.15, 0.2) is 66.7 Å². The molecule has 1 saturated heterocycles. The van der Waals surface area contributed by atoms with Gasteiger partial charge in [-0.15, -0.1) is 0 Å². The molecule has 26 heavy (non-hydrogen) atoms. The summed E-state index contributed by atoms with van der Waals surface area (Å²) in [6, 6.07) is 20.9. The van der Waals surface area contributed by atoms with Gasteiger partial charge in [0.05, 0.1) is 16.6 Å². The SMILES string of the molecule is O=C(Nc1cccc2ccccc12)[C@@H]1CC(=O)N(c2ccccc2Cl)C1. The molecule has 130 valence electrons. The van der Waals surface area contributed by atoms with E-state index in [1.165, 1.54) is 0 Å². The van der Waals surface area contributed by atoms with Crippen LogP contribution in [0.25, 0.3) is 10.8 Å². The third kappa shape index (κ3) is 3.04. The van der Waals surface area contributed by atoms with Gasteiger partial charge in [0.2, 0.25) is 11.8 Å². The van der Waals surface area contributed by atoms with Crippen molar-refractivity contribution in [3.05, 3.63) is 71.8 Å². The Kier molecular flexibility index (Phi) is 4.35. The summed E-state index contributed by atoms with van der Waals surface area (Å²) in [6.07, 6.45) is 0.182. The van der Waals surface area contributed by atoms with E-state index in [0.717, 1.165) is 16.5 Å². The molecule has 0 spiro atoms. The summed E-state index contributed by atoms with van der Waals surface area (Å²) in [4.78, 5) is 26.7. The highest BCUT2D eigenvalue weighted by atomic mass is 35.5. The van der Waals surface area contributed by atoms with Crippen molar-refractivity contribution < 1.29 is 9.59 Å². The molecule has 1 fully saturated rings. The first kappa shape index (κ1) is 16.6. The average molecular weight is 365 g/mol. The van der Waals surface area contributed by atoms with Gasteiger partial charge in [0.1, 0.15) is 0 Å². The first-order chi connectivity index (χ1) is 12.6. The van der Waals surface area contributed by atoms with E-state index in [2.05, 4.69) is 5.32 Å². The Labute approximate surface area is 156 Å². The number of halogens is 1. The van der Waals surface area contributed by atoms with Crippen LogP contribution >= 0.6 is 11.6 Å². The summed E-state index contributed by atoms with van der Waals surface area (Å²) < 4.78 is 0. The van der Waals surface area contributed by atoms with Gasteiger partial charge in [-0.05, 0) is 23.6 Å². The van der Waals surface area contributed by atoms with Gasteiger partial charge >= 0.3 is 0 Å². The van der Waals surface area contributed by atoms with Crippen LogP contribution < -0.4 is 10.2 Å². The van der Waals surface area contributed by atoms with E-state index in [1.54, 1.807) is 17.0 Å². The van der Waals surface area contributed by atoms with Crippen molar-refractivity contribution in [2.24, 2.45) is 5.92 Å². The highest BCUT2D eigenvalue weighted by Gasteiger charge is 2.36. The topological polar surface area (TPSA) is 49.4 Å². The fourth-order valence-electron chi connectivity index (χ4n) is 3.36. The molecule has 0 radical (unpaired) electrons. The molecule has 0 saturated carbocycles. The number of nitrogens with one attached hydrogen (secondary N) is 1. The van der Waals surface area contributed by atoms with Crippen molar-refractivity contribution in [3.8, 4) is 0 Å². The number of hydrogen-bond donors (Lipinski definition) is 1. The maximum absolute atomic E-state index is 12.7. The number of hydrogen-bond acceptors (Lipinski definition) is 2. The zero-order chi connectivity index (χ0) is 18.1. The van der Waals surface area contributed by atoms with Crippen LogP contribution in [0.1, 0.15) is 6.42 Å². The molecule has 0 aromatic heterocycles. The van der Waals surface area contributed by atoms with Gasteiger partial charge in [-0.25, -0.2) is 0 Å². The molecule has 1 N–H and O–H groups in total. The molecule has 3 aromatic carbocycles. The molecule has 3 aromatic rings. The van der Waals surface area contributed by atoms with E-state index in [1.807, 2.05) is 54.6 Å². The Morgan fingerprint density at radius 2 is 1.73 bits per heavy atom. The lowest BCUT2D eigenvalue weighted by molar-refractivity contribution is -0.122. The number of para-hydroxylation sites is 1. The van der Waals surface area contributed by atoms with E-state index in [9.17, 15) is 9.59 Å². The van der Waals surface area contributed by atoms with E-state index >= 15 is 0 Å². The molecule has 0 unspecified atom stereocenters. The number of benzene rings is 3. The lowest BCUT2D eigenvalue weighted by Crippen LogP contribution is -2.28. The predicted molar refractivity (Wildman–Crippen MR) is 104 cm³/mol. The molecule has 4 nitrogen and oxygen atoms in total. The van der Waals surface area contributed by atoms with Gasteiger partial charge in [0.15, 0.2) is 0 Å². The van der Waals surface area contributed by atoms with Gasteiger partial charge in [0.25, 0.3) is 0 Å². The van der Waals surface area contributed by atoms with E-state index < -0.39 is 5.92 Å². The molecule has 1 aliphatic heterocycles. The lowest BCUT2D eigenvalue weighted by Gasteiger charge is -2.18. The summed E-state index contributed by atoms with van der Waals surface area (Å²) in [6.45, 7) is 0.333. The molecule has 5 heteroatoms. The van der Waals surface area contributed by atoms with Crippen molar-refractivity contribution in [2.75, 3.05) is 16.8 Å². The van der Waals surface area contributed by atoms with Crippen LogP contribution in [0.2, 0.25) is 5.02 Å². The van der Waals surface area contributed by atoms with Gasteiger partial charge in [-0.2, -0.15) is 0 Å². The molecule has 2 amide bonds. The van der Waals surface area contributed by atoms with Gasteiger partial charge < -0.3 is 10.2 Å². The van der Waals surface area contributed by atoms with Crippen molar-refractivity contribution in [1.29, 1.82) is 0 Å². The number of amides is 2. The summed E-state index contributed by atoms with van der Waals surface area (Å²) in [5.41, 5.74) is 1.41. The minimum Gasteiger partial charge on any atom is -0.325 e. The molecule has 1 aliphatic rings. The fourth-order valence-corrected chi connectivity index (χ4v) is 3.59. The maximum atomic E-state index is 12.7. The van der Waals surface area contributed by atoms with Crippen LogP contribution in [0, 0.1) is 5.92 Å². The van der Waals surface area contributed by atoms with Crippen molar-refractivity contribution >= 4 is 45.6 Å². The highest BCUT2D eigenvalue weighted by Crippen LogP contribution is 2.32. The lowest BCUT2D eigenvalue weighted by atomic mass is 10.1. The third-order valence-corrected chi connectivity index (χ3v) is 5.01. The van der Waals surface area contributed by atoms with Crippen LogP contribution in [0.4, 0.5) is 11.4 Å². The second-order valence-electron chi connectivity index (χ2n) is 6.37. The summed E-state index contributed by atoms with van der Waals surface area (Å²) in [5, 5.41) is 5.54. The Hall–Kier alpha value is -2.85. The number of carbonyl (C=O) groups is 2. The monoisotopic (exact) mass is 364 g/mol. The molecular weight excluding hydrogens is 348 g/mol. The van der Waals surface area contributed by atoms with Gasteiger partial charge in [-0.3, -0.25) is 9.59 Å². The predicted octanol–water partition coefficient (Wildman–Crippen LogP) is 4.48. The van der Waals surface area contributed by atoms with E-state index in [0.29, 0.717) is 17.3 Å². The number of carbonyl (C=O) groups excluding carboxylic acids is 2. The number of rotatable bonds is 3. The Balaban J connectivity index is 1.54. The third-order valence-electron chi connectivity index (χ3n) is 4.69. The Bertz CT molecular complexity index is 997. The van der Waals surface area contributed by atoms with E-state index in [-0.39, 0.29) is 18.2 Å². The van der Waals surface area contributed by atoms with Crippen molar-refractivity contribution in [1.82, 2.24) is 0 Å². The smallest absolute Gasteiger partial charge is 0.229 e. The molecule has 1 atom stereocenters. The van der Waals surface area contributed by atoms with Crippen molar-refractivity contribution in [3.63, 3.8) is 0 Å². The zero-order valence-electron chi connectivity index (χ0n) is 14.0. The molecule has 1 heterocycles. The second kappa shape index (κ2) is 6.81. The van der Waals surface area contributed by atoms with Crippen LogP contribution in [-0.4, -0.2) is 18.4 Å². The summed E-state index contributed by atoms with van der Waals surface area (Å²) >= 11 is 6.20. The molecule has 0 bridgehead atoms. The van der Waals surface area contributed by atoms with Gasteiger partial charge in [0, 0.05) is 24.0 Å². The molecule has 0 aliphatic carbocycles. The number of anilines is 2. The summed E-state index contributed by atoms with van der Waals surface area (Å²) in [5.74, 6) is -0.641. The largest absolute Gasteiger partial charge is 0.325 e. The first-order valence-corrected chi connectivity index (χ1v) is 8.85. The number of fused-ring (bicyclic) bond motifs is 1. The quantitative estimate of drug-likeness (QED) is 0.744. The maximum Gasteiger partial charge on any atom is 0.229 e. The minimum absolute atomic E-state index is 0.0869. The normalized spacial score (nSPS) is 16.9.